The molecule has 1 aliphatic heterocycles. The van der Waals surface area contributed by atoms with Crippen molar-refractivity contribution in [3.63, 3.8) is 0 Å². The molecule has 152 valence electrons. The second kappa shape index (κ2) is 8.11. The van der Waals surface area contributed by atoms with Gasteiger partial charge >= 0.3 is 0 Å². The summed E-state index contributed by atoms with van der Waals surface area (Å²) in [6.45, 7) is 6.34. The highest BCUT2D eigenvalue weighted by atomic mass is 79.9. The van der Waals surface area contributed by atoms with Crippen molar-refractivity contribution in [1.29, 1.82) is 0 Å². The van der Waals surface area contributed by atoms with Crippen LogP contribution in [0, 0.1) is 6.92 Å². The summed E-state index contributed by atoms with van der Waals surface area (Å²) in [7, 11) is 0. The predicted molar refractivity (Wildman–Crippen MR) is 126 cm³/mol. The summed E-state index contributed by atoms with van der Waals surface area (Å²) in [6, 6.07) is 23.5. The molecule has 1 heterocycles. The molecule has 1 atom stereocenters. The number of benzene rings is 3. The molecule has 0 spiro atoms. The Labute approximate surface area is 185 Å². The zero-order valence-corrected chi connectivity index (χ0v) is 18.8. The molecule has 3 nitrogen and oxygen atoms in total. The third-order valence-corrected chi connectivity index (χ3v) is 6.12. The van der Waals surface area contributed by atoms with E-state index in [0.717, 1.165) is 26.9 Å². The van der Waals surface area contributed by atoms with Gasteiger partial charge in [-0.3, -0.25) is 9.69 Å². The summed E-state index contributed by atoms with van der Waals surface area (Å²) < 4.78 is 0.937. The Kier molecular flexibility index (Phi) is 5.52. The Morgan fingerprint density at radius 2 is 1.50 bits per heavy atom. The van der Waals surface area contributed by atoms with Gasteiger partial charge in [-0.05, 0) is 53.8 Å². The highest BCUT2D eigenvalue weighted by Crippen LogP contribution is 2.45. The molecule has 1 N–H and O–H groups in total. The van der Waals surface area contributed by atoms with E-state index >= 15 is 0 Å². The molecule has 0 saturated carbocycles. The van der Waals surface area contributed by atoms with E-state index < -0.39 is 6.04 Å². The van der Waals surface area contributed by atoms with E-state index in [9.17, 15) is 9.90 Å². The van der Waals surface area contributed by atoms with Crippen molar-refractivity contribution >= 4 is 33.1 Å². The molecule has 0 aromatic heterocycles. The number of hydrogen-bond donors (Lipinski definition) is 1. The van der Waals surface area contributed by atoms with Crippen LogP contribution in [0.3, 0.4) is 0 Å². The van der Waals surface area contributed by atoms with Gasteiger partial charge in [0, 0.05) is 15.7 Å². The number of nitrogens with zero attached hydrogens (tertiary/aromatic N) is 1. The normalized spacial score (nSPS) is 16.6. The Balaban J connectivity index is 1.87. The number of aliphatic hydroxyl groups is 1. The third-order valence-electron chi connectivity index (χ3n) is 5.59. The third kappa shape index (κ3) is 3.68. The van der Waals surface area contributed by atoms with Crippen molar-refractivity contribution in [2.75, 3.05) is 4.90 Å². The van der Waals surface area contributed by atoms with Crippen molar-refractivity contribution in [2.24, 2.45) is 0 Å². The van der Waals surface area contributed by atoms with E-state index in [2.05, 4.69) is 54.0 Å². The lowest BCUT2D eigenvalue weighted by Crippen LogP contribution is -2.30. The fourth-order valence-electron chi connectivity index (χ4n) is 3.88. The molecule has 0 unspecified atom stereocenters. The summed E-state index contributed by atoms with van der Waals surface area (Å²) in [5, 5.41) is 10.9. The molecule has 30 heavy (non-hydrogen) atoms. The van der Waals surface area contributed by atoms with Crippen molar-refractivity contribution in [2.45, 2.75) is 32.7 Å². The van der Waals surface area contributed by atoms with Crippen LogP contribution in [0.2, 0.25) is 0 Å². The summed E-state index contributed by atoms with van der Waals surface area (Å²) in [5.41, 5.74) is 5.57. The molecule has 3 aromatic rings. The van der Waals surface area contributed by atoms with Gasteiger partial charge in [0.2, 0.25) is 0 Å². The summed E-state index contributed by atoms with van der Waals surface area (Å²) in [4.78, 5) is 14.9. The quantitative estimate of drug-likeness (QED) is 0.456. The zero-order valence-electron chi connectivity index (χ0n) is 17.3. The van der Waals surface area contributed by atoms with Crippen LogP contribution < -0.4 is 4.90 Å². The van der Waals surface area contributed by atoms with Gasteiger partial charge in [-0.15, -0.1) is 0 Å². The molecule has 0 saturated heterocycles. The topological polar surface area (TPSA) is 40.5 Å². The molecule has 4 heteroatoms. The molecule has 3 aromatic carbocycles. The largest absolute Gasteiger partial charge is 0.503 e. The molecule has 0 fully saturated rings. The van der Waals surface area contributed by atoms with Crippen LogP contribution in [0.25, 0.3) is 5.57 Å². The molecule has 1 aliphatic rings. The van der Waals surface area contributed by atoms with Crippen molar-refractivity contribution in [1.82, 2.24) is 0 Å². The first kappa shape index (κ1) is 20.4. The number of carbonyl (C=O) groups is 1. The van der Waals surface area contributed by atoms with Crippen LogP contribution >= 0.6 is 15.9 Å². The van der Waals surface area contributed by atoms with Gasteiger partial charge in [-0.1, -0.05) is 83.9 Å². The fraction of sp³-hybridized carbons (Fsp3) is 0.192. The average molecular weight is 462 g/mol. The molecule has 0 bridgehead atoms. The van der Waals surface area contributed by atoms with E-state index in [4.69, 9.17) is 0 Å². The second-order valence-electron chi connectivity index (χ2n) is 8.00. The van der Waals surface area contributed by atoms with Crippen molar-refractivity contribution in [3.8, 4) is 0 Å². The molecular weight excluding hydrogens is 438 g/mol. The van der Waals surface area contributed by atoms with Gasteiger partial charge in [-0.2, -0.15) is 0 Å². The lowest BCUT2D eigenvalue weighted by atomic mass is 9.91. The van der Waals surface area contributed by atoms with E-state index in [0.29, 0.717) is 11.5 Å². The van der Waals surface area contributed by atoms with Crippen molar-refractivity contribution < 1.29 is 9.90 Å². The van der Waals surface area contributed by atoms with E-state index in [1.54, 1.807) is 4.90 Å². The molecular formula is C26H24BrNO2. The first-order valence-electron chi connectivity index (χ1n) is 10.1. The SMILES string of the molecule is Cc1ccc(C2=C(O)C(=O)N(c3ccc(Br)cc3)[C@@H]2c2ccc(C(C)C)cc2)cc1. The lowest BCUT2D eigenvalue weighted by molar-refractivity contribution is -0.117. The van der Waals surface area contributed by atoms with Gasteiger partial charge in [0.15, 0.2) is 5.76 Å². The van der Waals surface area contributed by atoms with Gasteiger partial charge in [0.05, 0.1) is 6.04 Å². The van der Waals surface area contributed by atoms with E-state index in [-0.39, 0.29) is 11.7 Å². The highest BCUT2D eigenvalue weighted by Gasteiger charge is 2.41. The Morgan fingerprint density at radius 3 is 2.07 bits per heavy atom. The number of hydrogen-bond acceptors (Lipinski definition) is 2. The first-order chi connectivity index (χ1) is 14.4. The van der Waals surface area contributed by atoms with Crippen LogP contribution in [0.15, 0.2) is 83.0 Å². The number of aliphatic hydroxyl groups excluding tert-OH is 1. The number of amides is 1. The van der Waals surface area contributed by atoms with E-state index in [1.807, 2.05) is 55.5 Å². The summed E-state index contributed by atoms with van der Waals surface area (Å²) >= 11 is 3.45. The maximum Gasteiger partial charge on any atom is 0.294 e. The van der Waals surface area contributed by atoms with Crippen LogP contribution in [-0.2, 0) is 4.79 Å². The number of anilines is 1. The van der Waals surface area contributed by atoms with Crippen molar-refractivity contribution in [3.05, 3.63) is 105 Å². The Morgan fingerprint density at radius 1 is 0.900 bits per heavy atom. The Bertz CT molecular complexity index is 1100. The predicted octanol–water partition coefficient (Wildman–Crippen LogP) is 6.94. The minimum Gasteiger partial charge on any atom is -0.503 e. The highest BCUT2D eigenvalue weighted by molar-refractivity contribution is 9.10. The monoisotopic (exact) mass is 461 g/mol. The summed E-state index contributed by atoms with van der Waals surface area (Å²) in [5.74, 6) is -0.155. The number of rotatable bonds is 4. The minimum atomic E-state index is -0.400. The average Bonchev–Trinajstić information content (AvgIpc) is 3.00. The standard InChI is InChI=1S/C26H24BrNO2/c1-16(2)18-8-10-20(11-9-18)24-23(19-6-4-17(3)5-7-19)25(29)26(30)28(24)22-14-12-21(27)13-15-22/h4-16,24,29H,1-3H3/t24-/m1/s1. The molecule has 1 amide bonds. The van der Waals surface area contributed by atoms with Gasteiger partial charge in [-0.25, -0.2) is 0 Å². The van der Waals surface area contributed by atoms with Crippen LogP contribution in [0.1, 0.15) is 48.1 Å². The maximum atomic E-state index is 13.2. The maximum absolute atomic E-state index is 13.2. The zero-order chi connectivity index (χ0) is 21.4. The second-order valence-corrected chi connectivity index (χ2v) is 8.92. The van der Waals surface area contributed by atoms with Gasteiger partial charge in [0.1, 0.15) is 0 Å². The number of halogens is 1. The number of carbonyl (C=O) groups excluding carboxylic acids is 1. The molecule has 0 aliphatic carbocycles. The molecule has 4 rings (SSSR count). The number of aryl methyl sites for hydroxylation is 1. The molecule has 0 radical (unpaired) electrons. The lowest BCUT2D eigenvalue weighted by Gasteiger charge is -2.28. The summed E-state index contributed by atoms with van der Waals surface area (Å²) in [6.07, 6.45) is 0. The van der Waals surface area contributed by atoms with Crippen LogP contribution in [-0.4, -0.2) is 11.0 Å². The van der Waals surface area contributed by atoms with E-state index in [1.165, 1.54) is 5.56 Å². The van der Waals surface area contributed by atoms with Crippen LogP contribution in [0.5, 0.6) is 0 Å². The smallest absolute Gasteiger partial charge is 0.294 e. The first-order valence-corrected chi connectivity index (χ1v) is 10.8. The Hall–Kier alpha value is -2.85. The van der Waals surface area contributed by atoms with Gasteiger partial charge in [0.25, 0.3) is 5.91 Å². The fourth-order valence-corrected chi connectivity index (χ4v) is 4.14. The minimum absolute atomic E-state index is 0.195. The van der Waals surface area contributed by atoms with Gasteiger partial charge < -0.3 is 5.11 Å². The van der Waals surface area contributed by atoms with Crippen LogP contribution in [0.4, 0.5) is 5.69 Å².